The van der Waals surface area contributed by atoms with Crippen molar-refractivity contribution in [2.24, 2.45) is 0 Å². The smallest absolute Gasteiger partial charge is 0.490 e. The maximum atomic E-state index is 12.0. The fourth-order valence-corrected chi connectivity index (χ4v) is 10.8. The number of nitrogen functional groups attached to an aromatic ring is 1. The van der Waals surface area contributed by atoms with Crippen molar-refractivity contribution in [2.75, 3.05) is 26.1 Å². The number of methoxy groups -OCH3 is 1. The van der Waals surface area contributed by atoms with Gasteiger partial charge in [-0.1, -0.05) is 0 Å². The minimum atomic E-state index is -5.75. The number of ether oxygens (including phenoxy) is 3. The van der Waals surface area contributed by atoms with Crippen LogP contribution in [0.25, 0.3) is 0 Å². The molecular formula is C20H35N5O30P6. The van der Waals surface area contributed by atoms with Gasteiger partial charge < -0.3 is 79.5 Å². The van der Waals surface area contributed by atoms with Crippen molar-refractivity contribution in [1.29, 1.82) is 0 Å². The number of aromatic amines is 1. The number of H-pyrrole nitrogens is 1. The first kappa shape index (κ1) is 53.1. The van der Waals surface area contributed by atoms with E-state index in [1.165, 1.54) is 13.1 Å². The Kier molecular flexibility index (Phi) is 17.3. The van der Waals surface area contributed by atoms with E-state index >= 15 is 0 Å². The van der Waals surface area contributed by atoms with Gasteiger partial charge in [-0.15, -0.1) is 0 Å². The molecule has 0 bridgehead atoms. The predicted molar refractivity (Wildman–Crippen MR) is 187 cm³/mol. The van der Waals surface area contributed by atoms with E-state index in [1.807, 2.05) is 4.98 Å². The number of hydrogen-bond donors (Lipinski definition) is 14. The van der Waals surface area contributed by atoms with E-state index in [1.54, 1.807) is 0 Å². The highest BCUT2D eigenvalue weighted by Gasteiger charge is 2.48. The van der Waals surface area contributed by atoms with E-state index < -0.39 is 126 Å². The Morgan fingerprint density at radius 2 is 1.08 bits per heavy atom. The molecule has 2 aromatic rings. The van der Waals surface area contributed by atoms with E-state index in [0.717, 1.165) is 17.9 Å². The minimum Gasteiger partial charge on any atom is -0.490 e. The molecule has 2 aliphatic rings. The van der Waals surface area contributed by atoms with Gasteiger partial charge in [0.1, 0.15) is 42.4 Å². The van der Waals surface area contributed by atoms with Crippen LogP contribution in [0.5, 0.6) is 5.75 Å². The highest BCUT2D eigenvalue weighted by atomic mass is 31.3. The highest BCUT2D eigenvalue weighted by Crippen LogP contribution is 2.67. The Hall–Kier alpha value is -2.26. The van der Waals surface area contributed by atoms with E-state index in [0.29, 0.717) is 10.1 Å². The number of nitrogens with one attached hydrogen (secondary N) is 1. The molecule has 0 saturated carbocycles. The minimum absolute atomic E-state index is 0.0755. The third kappa shape index (κ3) is 15.5. The zero-order chi connectivity index (χ0) is 46.8. The van der Waals surface area contributed by atoms with Crippen LogP contribution in [0.15, 0.2) is 26.8 Å². The molecule has 0 amide bonds. The number of aliphatic hydroxyl groups is 4. The molecule has 2 fully saturated rings. The molecule has 0 radical (unpaired) electrons. The van der Waals surface area contributed by atoms with Crippen molar-refractivity contribution in [3.05, 3.63) is 49.3 Å². The number of nitrogens with two attached hydrogens (primary N) is 1. The summed E-state index contributed by atoms with van der Waals surface area (Å²) in [6.45, 7) is -0.592. The first-order valence-electron chi connectivity index (χ1n) is 15.4. The number of hydrogen-bond acceptors (Lipinski definition) is 24. The normalized spacial score (nSPS) is 28.4. The summed E-state index contributed by atoms with van der Waals surface area (Å²) in [5.74, 6) is -0.421. The van der Waals surface area contributed by atoms with Gasteiger partial charge in [0, 0.05) is 11.8 Å². The predicted octanol–water partition coefficient (Wildman–Crippen LogP) is -4.40. The van der Waals surface area contributed by atoms with Crippen molar-refractivity contribution in [1.82, 2.24) is 19.1 Å². The summed E-state index contributed by atoms with van der Waals surface area (Å²) in [6, 6.07) is 0. The lowest BCUT2D eigenvalue weighted by Gasteiger charge is -2.19. The quantitative estimate of drug-likeness (QED) is 0.0665. The van der Waals surface area contributed by atoms with Gasteiger partial charge in [0.05, 0.1) is 26.5 Å². The van der Waals surface area contributed by atoms with Crippen LogP contribution in [-0.2, 0) is 63.2 Å². The third-order valence-corrected chi connectivity index (χ3v) is 14.8. The largest absolute Gasteiger partial charge is 0.490 e. The zero-order valence-corrected chi connectivity index (χ0v) is 35.4. The molecule has 35 nitrogen and oxygen atoms in total. The van der Waals surface area contributed by atoms with Crippen molar-refractivity contribution in [2.45, 2.75) is 56.0 Å². The van der Waals surface area contributed by atoms with Gasteiger partial charge in [-0.3, -0.25) is 28.0 Å². The van der Waals surface area contributed by atoms with Crippen LogP contribution in [0.2, 0.25) is 0 Å². The Bertz CT molecular complexity index is 2380. The average molecular weight is 1010 g/mol. The van der Waals surface area contributed by atoms with Crippen LogP contribution in [0.1, 0.15) is 18.0 Å². The van der Waals surface area contributed by atoms with E-state index in [2.05, 4.69) is 31.3 Å². The Balaban J connectivity index is 0.000000325. The van der Waals surface area contributed by atoms with Crippen LogP contribution in [0.3, 0.4) is 0 Å². The lowest BCUT2D eigenvalue weighted by molar-refractivity contribution is -0.0544. The average Bonchev–Trinajstić information content (AvgIpc) is 3.50. The monoisotopic (exact) mass is 1010 g/mol. The van der Waals surface area contributed by atoms with E-state index in [4.69, 9.17) is 49.3 Å². The molecule has 6 unspecified atom stereocenters. The molecule has 0 spiro atoms. The van der Waals surface area contributed by atoms with Crippen LogP contribution < -0.4 is 27.4 Å². The first-order chi connectivity index (χ1) is 27.6. The van der Waals surface area contributed by atoms with Crippen LogP contribution in [0.4, 0.5) is 5.82 Å². The van der Waals surface area contributed by atoms with Gasteiger partial charge in [-0.25, -0.2) is 37.0 Å². The summed E-state index contributed by atoms with van der Waals surface area (Å²) >= 11 is 0. The number of aryl methyl sites for hydroxylation is 1. The van der Waals surface area contributed by atoms with Gasteiger partial charge in [-0.2, -0.15) is 22.2 Å². The number of nitrogens with zero attached hydrogens (tertiary/aromatic N) is 3. The molecule has 2 aromatic heterocycles. The topological polar surface area (TPSA) is 544 Å². The Morgan fingerprint density at radius 1 is 0.672 bits per heavy atom. The summed E-state index contributed by atoms with van der Waals surface area (Å²) in [5.41, 5.74) is 2.96. The number of phosphoric ester groups is 2. The number of anilines is 1. The molecule has 12 atom stereocenters. The number of phosphoric acid groups is 6. The molecule has 0 aliphatic carbocycles. The van der Waals surface area contributed by atoms with Gasteiger partial charge in [0.15, 0.2) is 12.5 Å². The van der Waals surface area contributed by atoms with E-state index in [9.17, 15) is 72.0 Å². The summed E-state index contributed by atoms with van der Waals surface area (Å²) in [7, 11) is -32.5. The first-order valence-corrected chi connectivity index (χ1v) is 24.5. The van der Waals surface area contributed by atoms with Gasteiger partial charge >= 0.3 is 58.3 Å². The number of rotatable bonds is 17. The standard InChI is InChI=1S/C10H18N3O14P3.C10H17N2O16P3/c1-4-2-13(10(16)12-8(4)11)9-7(15)6(14)5(25-9)3-24-29(20,21)27-30(22,23)26-28(17,18)19;1-24-4-2-12(10(16)11-8(4)15)9-7(14)6(13)5(26-9)3-25-30(20,21)28-31(22,23)27-29(17,18)19/h2,5-7,9,14-15H,3H2,1H3,(H,20,21)(H,22,23)(H2,11,12,16)(H2,17,18,19);2,5-7,9,13-14H,3H2,1H3,(H,20,21)(H,22,23)(H,11,15,16)(H2,17,18,19)/t2*5-,6?,7+,9-/m11/s1. The van der Waals surface area contributed by atoms with Crippen molar-refractivity contribution in [3.63, 3.8) is 0 Å². The summed E-state index contributed by atoms with van der Waals surface area (Å²) < 4.78 is 107. The molecule has 350 valence electrons. The molecule has 0 aromatic carbocycles. The van der Waals surface area contributed by atoms with Gasteiger partial charge in [0.25, 0.3) is 5.56 Å². The summed E-state index contributed by atoms with van der Waals surface area (Å²) in [4.78, 5) is 112. The van der Waals surface area contributed by atoms with Crippen molar-refractivity contribution in [3.8, 4) is 5.75 Å². The number of aliphatic hydroxyl groups excluding tert-OH is 4. The molecule has 2 saturated heterocycles. The third-order valence-electron chi connectivity index (χ3n) is 7.19. The SMILES string of the molecule is COc1cn([C@@H]2O[C@H](COP(=O)(O)OP(=O)(O)OP(=O)(O)O)C(O)[C@@H]2O)c(=O)[nH]c1=O.Cc1cn([C@@H]2O[C@H](COP(=O)(O)OP(=O)(O)OP(=O)(O)O)C(O)[C@@H]2O)c(=O)nc1N. The lowest BCUT2D eigenvalue weighted by atomic mass is 10.1. The van der Waals surface area contributed by atoms with Crippen LogP contribution in [0, 0.1) is 6.92 Å². The summed E-state index contributed by atoms with van der Waals surface area (Å²) in [6.07, 6.45) is -11.3. The second-order valence-electron chi connectivity index (χ2n) is 11.7. The number of aromatic nitrogens is 4. The van der Waals surface area contributed by atoms with Crippen molar-refractivity contribution >= 4 is 52.8 Å². The maximum Gasteiger partial charge on any atom is 0.490 e. The van der Waals surface area contributed by atoms with Crippen molar-refractivity contribution < 1.29 is 127 Å². The molecule has 2 aliphatic heterocycles. The zero-order valence-electron chi connectivity index (χ0n) is 30.0. The molecular weight excluding hydrogens is 976 g/mol. The second-order valence-corrected chi connectivity index (χ2v) is 20.6. The maximum absolute atomic E-state index is 12.0. The van der Waals surface area contributed by atoms with Gasteiger partial charge in [0.2, 0.25) is 5.75 Å². The highest BCUT2D eigenvalue weighted by molar-refractivity contribution is 7.67. The molecule has 4 heterocycles. The van der Waals surface area contributed by atoms with Crippen LogP contribution in [-0.4, -0.2) is 136 Å². The fourth-order valence-electron chi connectivity index (χ4n) is 4.70. The van der Waals surface area contributed by atoms with E-state index in [-0.39, 0.29) is 11.6 Å². The molecule has 41 heteroatoms. The summed E-state index contributed by atoms with van der Waals surface area (Å²) in [5, 5.41) is 40.3. The molecule has 15 N–H and O–H groups in total. The molecule has 4 rings (SSSR count). The van der Waals surface area contributed by atoms with Crippen LogP contribution >= 0.6 is 46.9 Å². The Morgan fingerprint density at radius 3 is 1.48 bits per heavy atom. The lowest BCUT2D eigenvalue weighted by Crippen LogP contribution is -2.38. The van der Waals surface area contributed by atoms with Gasteiger partial charge in [-0.05, 0) is 6.92 Å². The fraction of sp³-hybridized carbons (Fsp3) is 0.600. The Labute approximate surface area is 336 Å². The second kappa shape index (κ2) is 19.9. The molecule has 61 heavy (non-hydrogen) atoms.